The van der Waals surface area contributed by atoms with Gasteiger partial charge in [0.25, 0.3) is 0 Å². The van der Waals surface area contributed by atoms with Crippen LogP contribution in [0, 0.1) is 0 Å². The van der Waals surface area contributed by atoms with Crippen LogP contribution in [0.4, 0.5) is 0 Å². The molecule has 0 aromatic heterocycles. The maximum atomic E-state index is 7.88. The van der Waals surface area contributed by atoms with Gasteiger partial charge >= 0.3 is 0 Å². The second-order valence-corrected chi connectivity index (χ2v) is 3.07. The van der Waals surface area contributed by atoms with Gasteiger partial charge in [0.1, 0.15) is 0 Å². The topological polar surface area (TPSA) is 51.7 Å². The predicted molar refractivity (Wildman–Crippen MR) is 64.9 cm³/mol. The Morgan fingerprint density at radius 2 is 1.13 bits per heavy atom. The van der Waals surface area contributed by atoms with Gasteiger partial charge in [-0.3, -0.25) is 0 Å². The second-order valence-electron chi connectivity index (χ2n) is 3.07. The van der Waals surface area contributed by atoms with Crippen LogP contribution in [0.3, 0.4) is 0 Å². The first kappa shape index (κ1) is 13.6. The molecule has 2 aromatic carbocycles. The largest absolute Gasteiger partial charge is 0.412 e. The fourth-order valence-corrected chi connectivity index (χ4v) is 1.13. The Labute approximate surface area is 90.5 Å². The van der Waals surface area contributed by atoms with Gasteiger partial charge in [0.15, 0.2) is 0 Å². The lowest BCUT2D eigenvalue weighted by molar-refractivity contribution is 0.295. The van der Waals surface area contributed by atoms with Crippen molar-refractivity contribution in [1.29, 1.82) is 0 Å². The molecule has 2 rings (SSSR count). The molecule has 2 heteroatoms. The quantitative estimate of drug-likeness (QED) is 0.765. The highest BCUT2D eigenvalue weighted by Gasteiger charge is 1.85. The molecule has 2 aromatic rings. The van der Waals surface area contributed by atoms with Crippen LogP contribution in [0.5, 0.6) is 0 Å². The third kappa shape index (κ3) is 4.58. The van der Waals surface area contributed by atoms with E-state index in [2.05, 4.69) is 48.5 Å². The summed E-state index contributed by atoms with van der Waals surface area (Å²) in [5, 5.41) is 10.5. The lowest BCUT2D eigenvalue weighted by Gasteiger charge is -1.92. The van der Waals surface area contributed by atoms with Crippen LogP contribution in [0.25, 0.3) is 10.8 Å². The highest BCUT2D eigenvalue weighted by molar-refractivity contribution is 5.81. The average Bonchev–Trinajstić information content (AvgIpc) is 2.30. The summed E-state index contributed by atoms with van der Waals surface area (Å²) in [6.45, 7) is 2.25. The van der Waals surface area contributed by atoms with Gasteiger partial charge in [-0.25, -0.2) is 0 Å². The summed E-state index contributed by atoms with van der Waals surface area (Å²) in [6, 6.07) is 16.7. The van der Waals surface area contributed by atoms with Crippen molar-refractivity contribution in [2.75, 3.05) is 6.61 Å². The molecule has 0 saturated heterocycles. The zero-order chi connectivity index (χ0) is 10.2. The first-order valence-electron chi connectivity index (χ1n) is 4.93. The summed E-state index contributed by atoms with van der Waals surface area (Å²) in [5.41, 5.74) is 0. The molecule has 0 saturated carbocycles. The van der Waals surface area contributed by atoms with Gasteiger partial charge in [0, 0.05) is 6.61 Å². The Morgan fingerprint density at radius 1 is 0.867 bits per heavy atom. The van der Waals surface area contributed by atoms with Crippen LogP contribution >= 0.6 is 0 Å². The molecular formula is C13H18O2. The van der Waals surface area contributed by atoms with Crippen LogP contribution in [-0.2, 0) is 0 Å². The molecule has 2 nitrogen and oxygen atoms in total. The molecule has 0 radical (unpaired) electrons. The number of aliphatic hydroxyl groups is 1. The second kappa shape index (κ2) is 7.97. The van der Waals surface area contributed by atoms with Gasteiger partial charge in [0.2, 0.25) is 0 Å². The maximum Gasteiger partial charge on any atom is 0.0428 e. The van der Waals surface area contributed by atoms with E-state index in [9.17, 15) is 0 Å². The van der Waals surface area contributed by atoms with Crippen molar-refractivity contribution in [1.82, 2.24) is 0 Å². The molecule has 0 aliphatic heterocycles. The maximum absolute atomic E-state index is 7.88. The van der Waals surface area contributed by atoms with Gasteiger partial charge in [-0.15, -0.1) is 0 Å². The number of benzene rings is 2. The minimum atomic E-state index is 0. The molecule has 0 aliphatic rings. The molecule has 0 spiro atoms. The fourth-order valence-electron chi connectivity index (χ4n) is 1.13. The van der Waals surface area contributed by atoms with Crippen LogP contribution in [0.15, 0.2) is 48.5 Å². The molecule has 0 amide bonds. The average molecular weight is 206 g/mol. The zero-order valence-corrected chi connectivity index (χ0v) is 8.98. The molecule has 3 N–H and O–H groups in total. The SMILES string of the molecule is CCCO.O.c1ccc2ccccc2c1. The van der Waals surface area contributed by atoms with Crippen molar-refractivity contribution in [2.24, 2.45) is 0 Å². The summed E-state index contributed by atoms with van der Waals surface area (Å²) in [5.74, 6) is 0. The lowest BCUT2D eigenvalue weighted by Crippen LogP contribution is -1.69. The van der Waals surface area contributed by atoms with E-state index < -0.39 is 0 Å². The summed E-state index contributed by atoms with van der Waals surface area (Å²) < 4.78 is 0. The van der Waals surface area contributed by atoms with Gasteiger partial charge in [0.05, 0.1) is 0 Å². The third-order valence-electron chi connectivity index (χ3n) is 1.88. The van der Waals surface area contributed by atoms with Crippen molar-refractivity contribution < 1.29 is 10.6 Å². The molecule has 0 heterocycles. The summed E-state index contributed by atoms with van der Waals surface area (Å²) >= 11 is 0. The minimum Gasteiger partial charge on any atom is -0.412 e. The standard InChI is InChI=1S/C10H8.C3H8O.H2O/c1-2-6-10-8-4-3-7-9(10)5-1;1-2-3-4;/h1-8H;4H,2-3H2,1H3;1H2. The number of rotatable bonds is 1. The number of hydrogen-bond donors (Lipinski definition) is 1. The van der Waals surface area contributed by atoms with E-state index in [-0.39, 0.29) is 5.48 Å². The van der Waals surface area contributed by atoms with Crippen LogP contribution in [-0.4, -0.2) is 17.2 Å². The lowest BCUT2D eigenvalue weighted by atomic mass is 10.1. The van der Waals surface area contributed by atoms with E-state index in [0.29, 0.717) is 6.61 Å². The first-order valence-corrected chi connectivity index (χ1v) is 4.93. The van der Waals surface area contributed by atoms with Crippen molar-refractivity contribution in [3.05, 3.63) is 48.5 Å². The molecule has 0 bridgehead atoms. The molecule has 0 atom stereocenters. The van der Waals surface area contributed by atoms with Crippen molar-refractivity contribution in [3.63, 3.8) is 0 Å². The van der Waals surface area contributed by atoms with Crippen LogP contribution in [0.1, 0.15) is 13.3 Å². The molecule has 0 fully saturated rings. The Hall–Kier alpha value is -1.38. The highest BCUT2D eigenvalue weighted by atomic mass is 16.2. The van der Waals surface area contributed by atoms with E-state index in [1.54, 1.807) is 0 Å². The van der Waals surface area contributed by atoms with E-state index in [0.717, 1.165) is 6.42 Å². The molecule has 0 aliphatic carbocycles. The monoisotopic (exact) mass is 206 g/mol. The molecular weight excluding hydrogens is 188 g/mol. The van der Waals surface area contributed by atoms with Gasteiger partial charge in [-0.05, 0) is 17.2 Å². The van der Waals surface area contributed by atoms with E-state index >= 15 is 0 Å². The predicted octanol–water partition coefficient (Wildman–Crippen LogP) is 2.40. The summed E-state index contributed by atoms with van der Waals surface area (Å²) in [7, 11) is 0. The Bertz CT molecular complexity index is 304. The smallest absolute Gasteiger partial charge is 0.0428 e. The Balaban J connectivity index is 0.000000346. The number of aliphatic hydroxyl groups excluding tert-OH is 1. The molecule has 0 unspecified atom stereocenters. The third-order valence-corrected chi connectivity index (χ3v) is 1.88. The summed E-state index contributed by atoms with van der Waals surface area (Å²) in [4.78, 5) is 0. The highest BCUT2D eigenvalue weighted by Crippen LogP contribution is 2.11. The van der Waals surface area contributed by atoms with Crippen molar-refractivity contribution >= 4 is 10.8 Å². The van der Waals surface area contributed by atoms with E-state index in [1.165, 1.54) is 10.8 Å². The number of hydrogen-bond acceptors (Lipinski definition) is 1. The van der Waals surface area contributed by atoms with Crippen molar-refractivity contribution in [2.45, 2.75) is 13.3 Å². The van der Waals surface area contributed by atoms with Crippen molar-refractivity contribution in [3.8, 4) is 0 Å². The molecule has 15 heavy (non-hydrogen) atoms. The Kier molecular flexibility index (Phi) is 7.24. The first-order chi connectivity index (χ1) is 6.88. The van der Waals surface area contributed by atoms with Gasteiger partial charge in [-0.1, -0.05) is 55.5 Å². The normalized spacial score (nSPS) is 8.67. The summed E-state index contributed by atoms with van der Waals surface area (Å²) in [6.07, 6.45) is 0.875. The Morgan fingerprint density at radius 3 is 1.33 bits per heavy atom. The number of fused-ring (bicyclic) bond motifs is 1. The zero-order valence-electron chi connectivity index (χ0n) is 8.98. The van der Waals surface area contributed by atoms with Crippen LogP contribution < -0.4 is 0 Å². The van der Waals surface area contributed by atoms with E-state index in [1.807, 2.05) is 6.92 Å². The van der Waals surface area contributed by atoms with Crippen LogP contribution in [0.2, 0.25) is 0 Å². The van der Waals surface area contributed by atoms with Gasteiger partial charge in [-0.2, -0.15) is 0 Å². The minimum absolute atomic E-state index is 0. The fraction of sp³-hybridized carbons (Fsp3) is 0.231. The molecule has 82 valence electrons. The van der Waals surface area contributed by atoms with E-state index in [4.69, 9.17) is 5.11 Å². The van der Waals surface area contributed by atoms with Gasteiger partial charge < -0.3 is 10.6 Å².